The Balaban J connectivity index is 1.74. The van der Waals surface area contributed by atoms with E-state index in [4.69, 9.17) is 9.47 Å². The molecule has 1 aliphatic carbocycles. The van der Waals surface area contributed by atoms with Gasteiger partial charge in [-0.15, -0.1) is 0 Å². The zero-order valence-corrected chi connectivity index (χ0v) is 16.7. The molecule has 0 spiro atoms. The number of para-hydroxylation sites is 1. The molecule has 0 saturated heterocycles. The van der Waals surface area contributed by atoms with Crippen molar-refractivity contribution >= 4 is 11.6 Å². The lowest BCUT2D eigenvalue weighted by Gasteiger charge is -2.11. The number of nitrogens with zero attached hydrogens (tertiary/aromatic N) is 2. The molecule has 2 aromatic carbocycles. The highest BCUT2D eigenvalue weighted by atomic mass is 16.5. The minimum Gasteiger partial charge on any atom is -0.493 e. The molecule has 0 aliphatic heterocycles. The monoisotopic (exact) mass is 377 g/mol. The Kier molecular flexibility index (Phi) is 4.34. The Labute approximate surface area is 164 Å². The summed E-state index contributed by atoms with van der Waals surface area (Å²) in [5.41, 5.74) is 7.34. The molecule has 144 valence electrons. The summed E-state index contributed by atoms with van der Waals surface area (Å²) in [5.74, 6) is 1.15. The molecule has 6 heteroatoms. The quantitative estimate of drug-likeness (QED) is 0.586. The van der Waals surface area contributed by atoms with E-state index in [1.165, 1.54) is 0 Å². The smallest absolute Gasteiger partial charge is 0.276 e. The van der Waals surface area contributed by atoms with Gasteiger partial charge in [0.1, 0.15) is 0 Å². The van der Waals surface area contributed by atoms with Gasteiger partial charge in [0.25, 0.3) is 5.91 Å². The number of methoxy groups -OCH3 is 2. The summed E-state index contributed by atoms with van der Waals surface area (Å²) in [5, 5.41) is 7.56. The Morgan fingerprint density at radius 1 is 1.11 bits per heavy atom. The number of hydrogen-bond acceptors (Lipinski definition) is 4. The number of ether oxygens (including phenoxy) is 2. The van der Waals surface area contributed by atoms with Crippen molar-refractivity contribution < 1.29 is 14.3 Å². The van der Waals surface area contributed by atoms with E-state index in [9.17, 15) is 4.79 Å². The number of amides is 1. The van der Waals surface area contributed by atoms with E-state index in [0.717, 1.165) is 39.2 Å². The second-order valence-corrected chi connectivity index (χ2v) is 7.06. The van der Waals surface area contributed by atoms with Crippen molar-refractivity contribution in [2.45, 2.75) is 20.3 Å². The van der Waals surface area contributed by atoms with E-state index in [2.05, 4.69) is 10.4 Å². The van der Waals surface area contributed by atoms with Crippen molar-refractivity contribution in [1.82, 2.24) is 9.78 Å². The standard InChI is InChI=1S/C22H23N3O3/c1-12-7-6-8-13(2)19(12)23-22(26)20-16-9-14-10-17(27-4)18(28-5)11-15(14)21(16)25(3)24-20/h6-8,10-11H,9H2,1-5H3,(H,23,26). The minimum absolute atomic E-state index is 0.194. The number of fused-ring (bicyclic) bond motifs is 3. The Bertz CT molecular complexity index is 1080. The zero-order valence-electron chi connectivity index (χ0n) is 16.7. The van der Waals surface area contributed by atoms with Crippen LogP contribution in [0.3, 0.4) is 0 Å². The van der Waals surface area contributed by atoms with E-state index in [1.54, 1.807) is 18.9 Å². The van der Waals surface area contributed by atoms with Crippen molar-refractivity contribution in [3.8, 4) is 22.8 Å². The average Bonchev–Trinajstić information content (AvgIpc) is 3.20. The van der Waals surface area contributed by atoms with Crippen LogP contribution in [0.5, 0.6) is 11.5 Å². The normalized spacial score (nSPS) is 11.8. The predicted octanol–water partition coefficient (Wildman–Crippen LogP) is 3.88. The SMILES string of the molecule is COc1cc2c(cc1OC)-c1c(c(C(=O)Nc3c(C)cccc3C)nn1C)C2. The van der Waals surface area contributed by atoms with Crippen LogP contribution in [-0.4, -0.2) is 29.9 Å². The second kappa shape index (κ2) is 6.71. The van der Waals surface area contributed by atoms with Gasteiger partial charge < -0.3 is 14.8 Å². The summed E-state index contributed by atoms with van der Waals surface area (Å²) in [4.78, 5) is 13.1. The molecule has 0 fully saturated rings. The zero-order chi connectivity index (χ0) is 20.0. The first-order valence-electron chi connectivity index (χ1n) is 9.13. The maximum Gasteiger partial charge on any atom is 0.276 e. The van der Waals surface area contributed by atoms with Crippen LogP contribution in [0.25, 0.3) is 11.3 Å². The number of aryl methyl sites for hydroxylation is 3. The van der Waals surface area contributed by atoms with Gasteiger partial charge in [-0.1, -0.05) is 18.2 Å². The highest BCUT2D eigenvalue weighted by molar-refractivity contribution is 6.06. The van der Waals surface area contributed by atoms with Gasteiger partial charge in [0.15, 0.2) is 17.2 Å². The van der Waals surface area contributed by atoms with E-state index in [1.807, 2.05) is 51.2 Å². The molecular formula is C22H23N3O3. The highest BCUT2D eigenvalue weighted by Gasteiger charge is 2.31. The predicted molar refractivity (Wildman–Crippen MR) is 108 cm³/mol. The van der Waals surface area contributed by atoms with Crippen molar-refractivity contribution in [3.05, 3.63) is 58.3 Å². The summed E-state index contributed by atoms with van der Waals surface area (Å²) in [6, 6.07) is 9.88. The van der Waals surface area contributed by atoms with Crippen LogP contribution < -0.4 is 14.8 Å². The van der Waals surface area contributed by atoms with E-state index in [-0.39, 0.29) is 5.91 Å². The second-order valence-electron chi connectivity index (χ2n) is 7.06. The van der Waals surface area contributed by atoms with Crippen LogP contribution in [0.15, 0.2) is 30.3 Å². The Hall–Kier alpha value is -3.28. The third kappa shape index (κ3) is 2.72. The van der Waals surface area contributed by atoms with Crippen LogP contribution in [0.1, 0.15) is 32.7 Å². The molecule has 1 N–H and O–H groups in total. The number of carbonyl (C=O) groups is 1. The first kappa shape index (κ1) is 18.1. The Morgan fingerprint density at radius 3 is 2.39 bits per heavy atom. The van der Waals surface area contributed by atoms with Crippen molar-refractivity contribution in [2.75, 3.05) is 19.5 Å². The lowest BCUT2D eigenvalue weighted by molar-refractivity contribution is 0.102. The number of hydrogen-bond donors (Lipinski definition) is 1. The van der Waals surface area contributed by atoms with Crippen LogP contribution in [0.2, 0.25) is 0 Å². The molecule has 0 radical (unpaired) electrons. The topological polar surface area (TPSA) is 65.4 Å². The van der Waals surface area contributed by atoms with Gasteiger partial charge in [0, 0.05) is 30.3 Å². The maximum atomic E-state index is 13.1. The molecule has 0 saturated carbocycles. The molecule has 1 aliphatic rings. The molecule has 3 aromatic rings. The van der Waals surface area contributed by atoms with E-state index < -0.39 is 0 Å². The van der Waals surface area contributed by atoms with Gasteiger partial charge in [-0.2, -0.15) is 5.10 Å². The third-order valence-corrected chi connectivity index (χ3v) is 5.31. The van der Waals surface area contributed by atoms with Gasteiger partial charge in [-0.3, -0.25) is 9.48 Å². The molecule has 1 amide bonds. The average molecular weight is 377 g/mol. The molecule has 0 unspecified atom stereocenters. The molecule has 4 rings (SSSR count). The molecule has 28 heavy (non-hydrogen) atoms. The summed E-state index contributed by atoms with van der Waals surface area (Å²) >= 11 is 0. The molecule has 0 bridgehead atoms. The number of anilines is 1. The van der Waals surface area contributed by atoms with Gasteiger partial charge in [0.05, 0.1) is 19.9 Å². The summed E-state index contributed by atoms with van der Waals surface area (Å²) < 4.78 is 12.6. The van der Waals surface area contributed by atoms with Crippen molar-refractivity contribution in [1.29, 1.82) is 0 Å². The van der Waals surface area contributed by atoms with Crippen LogP contribution in [0.4, 0.5) is 5.69 Å². The number of rotatable bonds is 4. The number of aromatic nitrogens is 2. The fourth-order valence-corrected chi connectivity index (χ4v) is 3.92. The summed E-state index contributed by atoms with van der Waals surface area (Å²) in [7, 11) is 5.10. The van der Waals surface area contributed by atoms with Crippen molar-refractivity contribution in [2.24, 2.45) is 7.05 Å². The molecule has 0 atom stereocenters. The van der Waals surface area contributed by atoms with E-state index in [0.29, 0.717) is 23.6 Å². The lowest BCUT2D eigenvalue weighted by atomic mass is 10.1. The molecular weight excluding hydrogens is 354 g/mol. The fourth-order valence-electron chi connectivity index (χ4n) is 3.92. The van der Waals surface area contributed by atoms with Crippen LogP contribution >= 0.6 is 0 Å². The summed E-state index contributed by atoms with van der Waals surface area (Å²) in [6.45, 7) is 3.97. The molecule has 1 heterocycles. The highest BCUT2D eigenvalue weighted by Crippen LogP contribution is 2.43. The van der Waals surface area contributed by atoms with Crippen LogP contribution in [-0.2, 0) is 13.5 Å². The van der Waals surface area contributed by atoms with Gasteiger partial charge >= 0.3 is 0 Å². The summed E-state index contributed by atoms with van der Waals surface area (Å²) in [6.07, 6.45) is 0.633. The fraction of sp³-hybridized carbons (Fsp3) is 0.273. The lowest BCUT2D eigenvalue weighted by Crippen LogP contribution is -2.16. The maximum absolute atomic E-state index is 13.1. The van der Waals surface area contributed by atoms with Gasteiger partial charge in [0.2, 0.25) is 0 Å². The number of carbonyl (C=O) groups excluding carboxylic acids is 1. The number of benzene rings is 2. The largest absolute Gasteiger partial charge is 0.493 e. The molecule has 1 aromatic heterocycles. The minimum atomic E-state index is -0.194. The third-order valence-electron chi connectivity index (χ3n) is 5.31. The Morgan fingerprint density at radius 2 is 1.75 bits per heavy atom. The first-order chi connectivity index (χ1) is 13.4. The van der Waals surface area contributed by atoms with E-state index >= 15 is 0 Å². The van der Waals surface area contributed by atoms with Crippen molar-refractivity contribution in [3.63, 3.8) is 0 Å². The van der Waals surface area contributed by atoms with Gasteiger partial charge in [-0.25, -0.2) is 0 Å². The first-order valence-corrected chi connectivity index (χ1v) is 9.13. The van der Waals surface area contributed by atoms with Gasteiger partial charge in [-0.05, 0) is 42.7 Å². The number of nitrogens with one attached hydrogen (secondary N) is 1. The molecule has 6 nitrogen and oxygen atoms in total. The van der Waals surface area contributed by atoms with Crippen LogP contribution in [0, 0.1) is 13.8 Å².